The van der Waals surface area contributed by atoms with E-state index in [-0.39, 0.29) is 36.1 Å². The van der Waals surface area contributed by atoms with Gasteiger partial charge >= 0.3 is 0 Å². The number of hydrogen-bond donors (Lipinski definition) is 2. The second-order valence-corrected chi connectivity index (χ2v) is 4.36. The number of hydrogen-bond acceptors (Lipinski definition) is 3. The van der Waals surface area contributed by atoms with E-state index in [1.165, 1.54) is 0 Å². The summed E-state index contributed by atoms with van der Waals surface area (Å²) in [5.74, 6) is 0.405. The first kappa shape index (κ1) is 19.1. The highest BCUT2D eigenvalue weighted by Crippen LogP contribution is 2.15. The predicted molar refractivity (Wildman–Crippen MR) is 92.6 cm³/mol. The SMILES string of the molecule is COCC(C)NC(N)=NCC(OC)c1ccccc1.I. The highest BCUT2D eigenvalue weighted by molar-refractivity contribution is 14.0. The third-order valence-corrected chi connectivity index (χ3v) is 2.69. The predicted octanol–water partition coefficient (Wildman–Crippen LogP) is 1.93. The van der Waals surface area contributed by atoms with E-state index in [1.807, 2.05) is 37.3 Å². The number of nitrogens with one attached hydrogen (secondary N) is 1. The molecule has 1 aromatic carbocycles. The molecule has 114 valence electrons. The molecule has 0 heterocycles. The van der Waals surface area contributed by atoms with Crippen LogP contribution in [0.5, 0.6) is 0 Å². The topological polar surface area (TPSA) is 68.9 Å². The van der Waals surface area contributed by atoms with E-state index in [4.69, 9.17) is 15.2 Å². The van der Waals surface area contributed by atoms with Crippen molar-refractivity contribution in [1.82, 2.24) is 5.32 Å². The van der Waals surface area contributed by atoms with Crippen molar-refractivity contribution in [2.24, 2.45) is 10.7 Å². The minimum absolute atomic E-state index is 0. The Labute approximate surface area is 138 Å². The molecule has 0 spiro atoms. The minimum atomic E-state index is -0.0840. The molecule has 0 aromatic heterocycles. The van der Waals surface area contributed by atoms with Crippen molar-refractivity contribution < 1.29 is 9.47 Å². The van der Waals surface area contributed by atoms with Gasteiger partial charge in [0.2, 0.25) is 0 Å². The van der Waals surface area contributed by atoms with Gasteiger partial charge in [0.15, 0.2) is 5.96 Å². The maximum atomic E-state index is 5.81. The summed E-state index contributed by atoms with van der Waals surface area (Å²) in [6, 6.07) is 10.1. The second-order valence-electron chi connectivity index (χ2n) is 4.36. The summed E-state index contributed by atoms with van der Waals surface area (Å²) in [5, 5.41) is 3.06. The van der Waals surface area contributed by atoms with Gasteiger partial charge in [0, 0.05) is 20.3 Å². The van der Waals surface area contributed by atoms with E-state index in [9.17, 15) is 0 Å². The van der Waals surface area contributed by atoms with Crippen LogP contribution in [-0.2, 0) is 9.47 Å². The molecule has 1 rings (SSSR count). The number of methoxy groups -OCH3 is 2. The van der Waals surface area contributed by atoms with Crippen molar-refractivity contribution >= 4 is 29.9 Å². The Bertz CT molecular complexity index is 387. The monoisotopic (exact) mass is 393 g/mol. The number of rotatable bonds is 7. The van der Waals surface area contributed by atoms with Crippen LogP contribution in [0.1, 0.15) is 18.6 Å². The average Bonchev–Trinajstić information content (AvgIpc) is 2.41. The first-order chi connectivity index (χ1) is 9.17. The molecule has 6 heteroatoms. The van der Waals surface area contributed by atoms with Crippen molar-refractivity contribution in [3.05, 3.63) is 35.9 Å². The molecule has 0 aliphatic heterocycles. The Morgan fingerprint density at radius 3 is 2.50 bits per heavy atom. The summed E-state index contributed by atoms with van der Waals surface area (Å²) in [7, 11) is 3.33. The molecule has 2 unspecified atom stereocenters. The molecule has 5 nitrogen and oxygen atoms in total. The molecule has 0 saturated heterocycles. The molecule has 0 amide bonds. The molecule has 3 N–H and O–H groups in total. The molecule has 0 saturated carbocycles. The van der Waals surface area contributed by atoms with E-state index < -0.39 is 0 Å². The summed E-state index contributed by atoms with van der Waals surface area (Å²) in [5.41, 5.74) is 6.90. The lowest BCUT2D eigenvalue weighted by molar-refractivity contribution is 0.111. The van der Waals surface area contributed by atoms with Gasteiger partial charge in [-0.25, -0.2) is 0 Å². The first-order valence-corrected chi connectivity index (χ1v) is 6.30. The Morgan fingerprint density at radius 2 is 1.95 bits per heavy atom. The van der Waals surface area contributed by atoms with Crippen molar-refractivity contribution in [2.45, 2.75) is 19.1 Å². The maximum Gasteiger partial charge on any atom is 0.188 e. The molecule has 1 aromatic rings. The quantitative estimate of drug-likeness (QED) is 0.422. The Morgan fingerprint density at radius 1 is 1.30 bits per heavy atom. The molecular formula is C14H24IN3O2. The highest BCUT2D eigenvalue weighted by atomic mass is 127. The molecular weight excluding hydrogens is 369 g/mol. The van der Waals surface area contributed by atoms with Crippen LogP contribution in [0.2, 0.25) is 0 Å². The smallest absolute Gasteiger partial charge is 0.188 e. The van der Waals surface area contributed by atoms with Crippen LogP contribution in [0.3, 0.4) is 0 Å². The normalized spacial score (nSPS) is 14.2. The van der Waals surface area contributed by atoms with Crippen molar-refractivity contribution in [3.8, 4) is 0 Å². The third-order valence-electron chi connectivity index (χ3n) is 2.69. The van der Waals surface area contributed by atoms with Gasteiger partial charge < -0.3 is 20.5 Å². The van der Waals surface area contributed by atoms with Crippen LogP contribution in [0, 0.1) is 0 Å². The van der Waals surface area contributed by atoms with Crippen LogP contribution < -0.4 is 11.1 Å². The Hall–Kier alpha value is -0.860. The number of nitrogens with zero attached hydrogens (tertiary/aromatic N) is 1. The van der Waals surface area contributed by atoms with Gasteiger partial charge in [-0.1, -0.05) is 30.3 Å². The standard InChI is InChI=1S/C14H23N3O2.HI/c1-11(10-18-2)17-14(15)16-9-13(19-3)12-7-5-4-6-8-12;/h4-8,11,13H,9-10H2,1-3H3,(H3,15,16,17);1H. The minimum Gasteiger partial charge on any atom is -0.383 e. The lowest BCUT2D eigenvalue weighted by Crippen LogP contribution is -2.40. The third kappa shape index (κ3) is 7.06. The molecule has 0 fully saturated rings. The van der Waals surface area contributed by atoms with Gasteiger partial charge in [0.05, 0.1) is 13.2 Å². The number of benzene rings is 1. The van der Waals surface area contributed by atoms with Gasteiger partial charge in [-0.15, -0.1) is 24.0 Å². The first-order valence-electron chi connectivity index (χ1n) is 6.30. The average molecular weight is 393 g/mol. The van der Waals surface area contributed by atoms with Gasteiger partial charge in [0.25, 0.3) is 0 Å². The van der Waals surface area contributed by atoms with E-state index in [2.05, 4.69) is 10.3 Å². The molecule has 0 aliphatic rings. The number of guanidine groups is 1. The van der Waals surface area contributed by atoms with Crippen LogP contribution in [0.4, 0.5) is 0 Å². The van der Waals surface area contributed by atoms with E-state index >= 15 is 0 Å². The Balaban J connectivity index is 0.00000361. The Kier molecular flexibility index (Phi) is 10.4. The van der Waals surface area contributed by atoms with Crippen LogP contribution in [-0.4, -0.2) is 39.4 Å². The lowest BCUT2D eigenvalue weighted by Gasteiger charge is -2.16. The number of nitrogens with two attached hydrogens (primary N) is 1. The fraction of sp³-hybridized carbons (Fsp3) is 0.500. The lowest BCUT2D eigenvalue weighted by atomic mass is 10.1. The van der Waals surface area contributed by atoms with Gasteiger partial charge in [-0.2, -0.15) is 0 Å². The summed E-state index contributed by atoms with van der Waals surface area (Å²) >= 11 is 0. The largest absolute Gasteiger partial charge is 0.383 e. The molecule has 20 heavy (non-hydrogen) atoms. The van der Waals surface area contributed by atoms with E-state index in [0.717, 1.165) is 5.56 Å². The number of ether oxygens (including phenoxy) is 2. The highest BCUT2D eigenvalue weighted by Gasteiger charge is 2.09. The fourth-order valence-electron chi connectivity index (χ4n) is 1.75. The van der Waals surface area contributed by atoms with E-state index in [1.54, 1.807) is 14.2 Å². The zero-order chi connectivity index (χ0) is 14.1. The van der Waals surface area contributed by atoms with Gasteiger partial charge in [-0.05, 0) is 12.5 Å². The van der Waals surface area contributed by atoms with Crippen LogP contribution >= 0.6 is 24.0 Å². The van der Waals surface area contributed by atoms with Crippen LogP contribution in [0.25, 0.3) is 0 Å². The summed E-state index contributed by atoms with van der Waals surface area (Å²) in [6.45, 7) is 3.05. The molecule has 0 radical (unpaired) electrons. The summed E-state index contributed by atoms with van der Waals surface area (Å²) in [4.78, 5) is 4.30. The zero-order valence-corrected chi connectivity index (χ0v) is 14.5. The van der Waals surface area contributed by atoms with Gasteiger partial charge in [-0.3, -0.25) is 4.99 Å². The fourth-order valence-corrected chi connectivity index (χ4v) is 1.75. The number of halogens is 1. The van der Waals surface area contributed by atoms with Crippen molar-refractivity contribution in [1.29, 1.82) is 0 Å². The number of aliphatic imine (C=N–C) groups is 1. The van der Waals surface area contributed by atoms with E-state index in [0.29, 0.717) is 19.1 Å². The molecule has 2 atom stereocenters. The zero-order valence-electron chi connectivity index (χ0n) is 12.2. The summed E-state index contributed by atoms with van der Waals surface area (Å²) in [6.07, 6.45) is -0.0840. The second kappa shape index (κ2) is 10.9. The van der Waals surface area contributed by atoms with Crippen molar-refractivity contribution in [2.75, 3.05) is 27.4 Å². The maximum absolute atomic E-state index is 5.81. The molecule has 0 aliphatic carbocycles. The van der Waals surface area contributed by atoms with Crippen LogP contribution in [0.15, 0.2) is 35.3 Å². The van der Waals surface area contributed by atoms with Gasteiger partial charge in [0.1, 0.15) is 6.10 Å². The molecule has 0 bridgehead atoms. The van der Waals surface area contributed by atoms with Crippen molar-refractivity contribution in [3.63, 3.8) is 0 Å². The summed E-state index contributed by atoms with van der Waals surface area (Å²) < 4.78 is 10.4.